The van der Waals surface area contributed by atoms with Gasteiger partial charge in [0.2, 0.25) is 0 Å². The minimum Gasteiger partial charge on any atom is -0.477 e. The van der Waals surface area contributed by atoms with E-state index >= 15 is 0 Å². The first kappa shape index (κ1) is 16.9. The lowest BCUT2D eigenvalue weighted by atomic mass is 10.2. The van der Waals surface area contributed by atoms with Crippen molar-refractivity contribution in [1.82, 2.24) is 10.6 Å². The third-order valence-electron chi connectivity index (χ3n) is 2.81. The Hall–Kier alpha value is -2.15. The number of carbonyl (C=O) groups is 1. The maximum absolute atomic E-state index is 11.6. The zero-order valence-electron chi connectivity index (χ0n) is 12.3. The number of ether oxygens (including phenoxy) is 1. The Morgan fingerprint density at radius 1 is 1.43 bits per heavy atom. The van der Waals surface area contributed by atoms with Gasteiger partial charge in [0.15, 0.2) is 12.4 Å². The van der Waals surface area contributed by atoms with Crippen molar-refractivity contribution in [2.24, 2.45) is 0 Å². The SMILES string of the molecule is CCCCNC(=O)COc1cc(CNC)ccc1[N+](=O)[O-]. The molecule has 0 aliphatic heterocycles. The minimum absolute atomic E-state index is 0.110. The Morgan fingerprint density at radius 3 is 2.81 bits per heavy atom. The number of amides is 1. The van der Waals surface area contributed by atoms with Crippen LogP contribution in [0.4, 0.5) is 5.69 Å². The number of carbonyl (C=O) groups excluding carboxylic acids is 1. The van der Waals surface area contributed by atoms with Gasteiger partial charge < -0.3 is 15.4 Å². The number of benzene rings is 1. The van der Waals surface area contributed by atoms with Gasteiger partial charge in [-0.15, -0.1) is 0 Å². The van der Waals surface area contributed by atoms with Gasteiger partial charge in [0.1, 0.15) is 0 Å². The smallest absolute Gasteiger partial charge is 0.310 e. The molecule has 0 aliphatic carbocycles. The summed E-state index contributed by atoms with van der Waals surface area (Å²) in [5.74, 6) is -0.171. The molecule has 0 spiro atoms. The molecule has 0 saturated carbocycles. The van der Waals surface area contributed by atoms with Crippen LogP contribution in [0.1, 0.15) is 25.3 Å². The van der Waals surface area contributed by atoms with E-state index in [2.05, 4.69) is 10.6 Å². The predicted molar refractivity (Wildman–Crippen MR) is 79.3 cm³/mol. The van der Waals surface area contributed by atoms with Crippen molar-refractivity contribution in [3.63, 3.8) is 0 Å². The highest BCUT2D eigenvalue weighted by atomic mass is 16.6. The standard InChI is InChI=1S/C14H21N3O4/c1-3-4-7-16-14(18)10-21-13-8-11(9-15-2)5-6-12(13)17(19)20/h5-6,8,15H,3-4,7,9-10H2,1-2H3,(H,16,18). The Balaban J connectivity index is 2.68. The van der Waals surface area contributed by atoms with Gasteiger partial charge in [0.25, 0.3) is 5.91 Å². The van der Waals surface area contributed by atoms with E-state index in [1.54, 1.807) is 19.2 Å². The predicted octanol–water partition coefficient (Wildman–Crippen LogP) is 1.61. The van der Waals surface area contributed by atoms with Crippen molar-refractivity contribution >= 4 is 11.6 Å². The molecule has 1 aromatic carbocycles. The Bertz CT molecular complexity index is 491. The van der Waals surface area contributed by atoms with Crippen LogP contribution >= 0.6 is 0 Å². The first-order valence-corrected chi connectivity index (χ1v) is 6.90. The van der Waals surface area contributed by atoms with Gasteiger partial charge in [0.05, 0.1) is 4.92 Å². The molecular weight excluding hydrogens is 274 g/mol. The second-order valence-electron chi connectivity index (χ2n) is 4.58. The van der Waals surface area contributed by atoms with Crippen molar-refractivity contribution in [3.05, 3.63) is 33.9 Å². The van der Waals surface area contributed by atoms with Crippen LogP contribution in [0.3, 0.4) is 0 Å². The molecule has 0 heterocycles. The highest BCUT2D eigenvalue weighted by Gasteiger charge is 2.16. The monoisotopic (exact) mass is 295 g/mol. The Morgan fingerprint density at radius 2 is 2.19 bits per heavy atom. The summed E-state index contributed by atoms with van der Waals surface area (Å²) >= 11 is 0. The third-order valence-corrected chi connectivity index (χ3v) is 2.81. The summed E-state index contributed by atoms with van der Waals surface area (Å²) in [6.45, 7) is 2.95. The fourth-order valence-corrected chi connectivity index (χ4v) is 1.74. The molecule has 0 saturated heterocycles. The Labute approximate surface area is 123 Å². The van der Waals surface area contributed by atoms with E-state index in [9.17, 15) is 14.9 Å². The number of hydrogen-bond donors (Lipinski definition) is 2. The van der Waals surface area contributed by atoms with Crippen molar-refractivity contribution in [2.45, 2.75) is 26.3 Å². The first-order valence-electron chi connectivity index (χ1n) is 6.90. The van der Waals surface area contributed by atoms with Gasteiger partial charge in [-0.1, -0.05) is 19.4 Å². The molecule has 116 valence electrons. The van der Waals surface area contributed by atoms with E-state index in [4.69, 9.17) is 4.74 Å². The van der Waals surface area contributed by atoms with Crippen molar-refractivity contribution in [2.75, 3.05) is 20.2 Å². The van der Waals surface area contributed by atoms with Crippen LogP contribution in [0.25, 0.3) is 0 Å². The summed E-state index contributed by atoms with van der Waals surface area (Å²) in [5, 5.41) is 16.6. The normalized spacial score (nSPS) is 10.2. The lowest BCUT2D eigenvalue weighted by molar-refractivity contribution is -0.385. The largest absolute Gasteiger partial charge is 0.477 e. The lowest BCUT2D eigenvalue weighted by Crippen LogP contribution is -2.29. The number of nitrogens with zero attached hydrogens (tertiary/aromatic N) is 1. The molecule has 0 radical (unpaired) electrons. The van der Waals surface area contributed by atoms with Gasteiger partial charge in [-0.2, -0.15) is 0 Å². The van der Waals surface area contributed by atoms with E-state index < -0.39 is 4.92 Å². The number of hydrogen-bond acceptors (Lipinski definition) is 5. The molecule has 7 heteroatoms. The van der Waals surface area contributed by atoms with Crippen LogP contribution in [0.15, 0.2) is 18.2 Å². The number of rotatable bonds is 9. The van der Waals surface area contributed by atoms with E-state index in [1.165, 1.54) is 6.07 Å². The average Bonchev–Trinajstić information content (AvgIpc) is 2.45. The van der Waals surface area contributed by atoms with Crippen molar-refractivity contribution < 1.29 is 14.5 Å². The van der Waals surface area contributed by atoms with Gasteiger partial charge >= 0.3 is 5.69 Å². The van der Waals surface area contributed by atoms with E-state index in [1.807, 2.05) is 6.92 Å². The molecule has 21 heavy (non-hydrogen) atoms. The van der Waals surface area contributed by atoms with Crippen LogP contribution in [0.5, 0.6) is 5.75 Å². The maximum atomic E-state index is 11.6. The summed E-state index contributed by atoms with van der Waals surface area (Å²) in [7, 11) is 1.78. The van der Waals surface area contributed by atoms with Gasteiger partial charge in [-0.25, -0.2) is 0 Å². The quantitative estimate of drug-likeness (QED) is 0.410. The number of unbranched alkanes of at least 4 members (excludes halogenated alkanes) is 1. The van der Waals surface area contributed by atoms with Crippen molar-refractivity contribution in [1.29, 1.82) is 0 Å². The molecule has 0 aromatic heterocycles. The molecular formula is C14H21N3O4. The summed E-state index contributed by atoms with van der Waals surface area (Å²) in [5.41, 5.74) is 0.709. The second-order valence-corrected chi connectivity index (χ2v) is 4.58. The topological polar surface area (TPSA) is 93.5 Å². The lowest BCUT2D eigenvalue weighted by Gasteiger charge is -2.09. The summed E-state index contributed by atoms with van der Waals surface area (Å²) in [6, 6.07) is 4.62. The molecule has 7 nitrogen and oxygen atoms in total. The van der Waals surface area contributed by atoms with Gasteiger partial charge in [0, 0.05) is 19.2 Å². The zero-order valence-corrected chi connectivity index (χ0v) is 12.3. The van der Waals surface area contributed by atoms with Crippen LogP contribution in [-0.2, 0) is 11.3 Å². The maximum Gasteiger partial charge on any atom is 0.310 e. The van der Waals surface area contributed by atoms with E-state index in [0.29, 0.717) is 13.1 Å². The number of nitro benzene ring substituents is 1. The van der Waals surface area contributed by atoms with Crippen molar-refractivity contribution in [3.8, 4) is 5.75 Å². The fourth-order valence-electron chi connectivity index (χ4n) is 1.74. The first-order chi connectivity index (χ1) is 10.1. The molecule has 0 fully saturated rings. The molecule has 1 aromatic rings. The molecule has 1 rings (SSSR count). The molecule has 0 unspecified atom stereocenters. The van der Waals surface area contributed by atoms with Gasteiger partial charge in [-0.05, 0) is 25.1 Å². The van der Waals surface area contributed by atoms with E-state index in [0.717, 1.165) is 18.4 Å². The summed E-state index contributed by atoms with van der Waals surface area (Å²) < 4.78 is 5.30. The Kier molecular flexibility index (Phi) is 7.17. The molecule has 1 amide bonds. The number of nitro groups is 1. The number of nitrogens with one attached hydrogen (secondary N) is 2. The average molecular weight is 295 g/mol. The van der Waals surface area contributed by atoms with E-state index in [-0.39, 0.29) is 24.0 Å². The van der Waals surface area contributed by atoms with Crippen LogP contribution in [0, 0.1) is 10.1 Å². The third kappa shape index (κ3) is 5.78. The zero-order chi connectivity index (χ0) is 15.7. The highest BCUT2D eigenvalue weighted by Crippen LogP contribution is 2.27. The molecule has 2 N–H and O–H groups in total. The van der Waals surface area contributed by atoms with Gasteiger partial charge in [-0.3, -0.25) is 14.9 Å². The molecule has 0 bridgehead atoms. The fraction of sp³-hybridized carbons (Fsp3) is 0.500. The second kappa shape index (κ2) is 8.91. The summed E-state index contributed by atoms with van der Waals surface area (Å²) in [6.07, 6.45) is 1.88. The van der Waals surface area contributed by atoms with Crippen LogP contribution < -0.4 is 15.4 Å². The summed E-state index contributed by atoms with van der Waals surface area (Å²) in [4.78, 5) is 22.0. The molecule has 0 aliphatic rings. The van der Waals surface area contributed by atoms with Crippen LogP contribution in [0.2, 0.25) is 0 Å². The highest BCUT2D eigenvalue weighted by molar-refractivity contribution is 5.77. The minimum atomic E-state index is -0.520. The van der Waals surface area contributed by atoms with Crippen LogP contribution in [-0.4, -0.2) is 31.0 Å². The molecule has 0 atom stereocenters.